The quantitative estimate of drug-likeness (QED) is 0.764. The van der Waals surface area contributed by atoms with Crippen molar-refractivity contribution in [3.8, 4) is 0 Å². The Morgan fingerprint density at radius 2 is 2.06 bits per heavy atom. The lowest BCUT2D eigenvalue weighted by molar-refractivity contribution is -0.131. The van der Waals surface area contributed by atoms with E-state index in [1.54, 1.807) is 0 Å². The third-order valence-electron chi connectivity index (χ3n) is 4.39. The van der Waals surface area contributed by atoms with Crippen LogP contribution in [-0.2, 0) is 9.59 Å². The van der Waals surface area contributed by atoms with Gasteiger partial charge in [-0.25, -0.2) is 4.79 Å². The van der Waals surface area contributed by atoms with Crippen LogP contribution in [0, 0.1) is 11.3 Å². The van der Waals surface area contributed by atoms with Crippen LogP contribution in [-0.4, -0.2) is 16.9 Å². The molecule has 0 amide bonds. The number of carbonyl (C=O) groups is 2. The molecule has 0 heterocycles. The molecule has 2 aliphatic rings. The minimum absolute atomic E-state index is 0.0987. The number of aliphatic carboxylic acids is 1. The number of carboxylic acid groups (broad SMARTS) is 1. The lowest BCUT2D eigenvalue weighted by Crippen LogP contribution is -2.23. The molecule has 0 saturated heterocycles. The van der Waals surface area contributed by atoms with Crippen molar-refractivity contribution in [2.24, 2.45) is 11.3 Å². The third kappa shape index (κ3) is 2.26. The SMILES string of the molecule is C/C(=C\C(=O)O)[C@@H]1CC2=C(C1)C(C)(C)CCC2=O. The van der Waals surface area contributed by atoms with Gasteiger partial charge in [0, 0.05) is 12.5 Å². The summed E-state index contributed by atoms with van der Waals surface area (Å²) in [5.41, 5.74) is 3.22. The molecule has 0 aliphatic heterocycles. The van der Waals surface area contributed by atoms with E-state index in [0.29, 0.717) is 6.42 Å². The minimum Gasteiger partial charge on any atom is -0.478 e. The van der Waals surface area contributed by atoms with Crippen molar-refractivity contribution in [2.75, 3.05) is 0 Å². The van der Waals surface area contributed by atoms with Gasteiger partial charge in [0.2, 0.25) is 0 Å². The molecule has 0 aromatic rings. The van der Waals surface area contributed by atoms with Crippen molar-refractivity contribution in [3.63, 3.8) is 0 Å². The molecule has 0 aromatic heterocycles. The van der Waals surface area contributed by atoms with E-state index in [2.05, 4.69) is 13.8 Å². The first-order valence-electron chi connectivity index (χ1n) is 6.48. The predicted molar refractivity (Wildman–Crippen MR) is 69.2 cm³/mol. The smallest absolute Gasteiger partial charge is 0.328 e. The van der Waals surface area contributed by atoms with Crippen LogP contribution < -0.4 is 0 Å². The topological polar surface area (TPSA) is 54.4 Å². The zero-order chi connectivity index (χ0) is 13.5. The van der Waals surface area contributed by atoms with Crippen LogP contribution in [0.15, 0.2) is 22.8 Å². The molecule has 3 heteroatoms. The molecule has 98 valence electrons. The van der Waals surface area contributed by atoms with Gasteiger partial charge in [-0.1, -0.05) is 25.0 Å². The van der Waals surface area contributed by atoms with Gasteiger partial charge in [0.25, 0.3) is 0 Å². The number of Topliss-reactive ketones (excluding diaryl/α,β-unsaturated/α-hetero) is 1. The predicted octanol–water partition coefficient (Wildman–Crippen LogP) is 3.11. The first kappa shape index (κ1) is 13.1. The number of hydrogen-bond donors (Lipinski definition) is 1. The zero-order valence-electron chi connectivity index (χ0n) is 11.2. The molecule has 0 radical (unpaired) electrons. The summed E-state index contributed by atoms with van der Waals surface area (Å²) in [6, 6.07) is 0. The van der Waals surface area contributed by atoms with E-state index < -0.39 is 5.97 Å². The highest BCUT2D eigenvalue weighted by Gasteiger charge is 2.40. The summed E-state index contributed by atoms with van der Waals surface area (Å²) in [4.78, 5) is 22.7. The van der Waals surface area contributed by atoms with Crippen LogP contribution in [0.25, 0.3) is 0 Å². The molecule has 1 N–H and O–H groups in total. The first-order valence-corrected chi connectivity index (χ1v) is 6.48. The number of allylic oxidation sites excluding steroid dienone is 3. The van der Waals surface area contributed by atoms with E-state index in [9.17, 15) is 9.59 Å². The summed E-state index contributed by atoms with van der Waals surface area (Å²) >= 11 is 0. The second kappa shape index (κ2) is 4.38. The summed E-state index contributed by atoms with van der Waals surface area (Å²) in [6.07, 6.45) is 4.41. The number of hydrogen-bond acceptors (Lipinski definition) is 2. The van der Waals surface area contributed by atoms with Crippen molar-refractivity contribution in [3.05, 3.63) is 22.8 Å². The zero-order valence-corrected chi connectivity index (χ0v) is 11.2. The average Bonchev–Trinajstić information content (AvgIpc) is 2.69. The number of carbonyl (C=O) groups excluding carboxylic acids is 1. The molecule has 0 fully saturated rings. The maximum Gasteiger partial charge on any atom is 0.328 e. The van der Waals surface area contributed by atoms with Crippen LogP contribution in [0.3, 0.4) is 0 Å². The molecule has 3 nitrogen and oxygen atoms in total. The Kier molecular flexibility index (Phi) is 3.18. The van der Waals surface area contributed by atoms with Crippen LogP contribution in [0.1, 0.15) is 46.5 Å². The van der Waals surface area contributed by atoms with Gasteiger partial charge in [-0.2, -0.15) is 0 Å². The maximum atomic E-state index is 12.0. The Bertz CT molecular complexity index is 466. The van der Waals surface area contributed by atoms with Gasteiger partial charge in [0.1, 0.15) is 0 Å². The lowest BCUT2D eigenvalue weighted by Gasteiger charge is -2.31. The van der Waals surface area contributed by atoms with Crippen LogP contribution in [0.4, 0.5) is 0 Å². The summed E-state index contributed by atoms with van der Waals surface area (Å²) in [5, 5.41) is 8.80. The highest BCUT2D eigenvalue weighted by Crippen LogP contribution is 2.49. The fourth-order valence-electron chi connectivity index (χ4n) is 3.14. The molecule has 18 heavy (non-hydrogen) atoms. The monoisotopic (exact) mass is 248 g/mol. The van der Waals surface area contributed by atoms with Gasteiger partial charge in [-0.3, -0.25) is 4.79 Å². The highest BCUT2D eigenvalue weighted by molar-refractivity contribution is 5.98. The summed E-state index contributed by atoms with van der Waals surface area (Å²) in [5.74, 6) is -0.426. The maximum absolute atomic E-state index is 12.0. The molecular weight excluding hydrogens is 228 g/mol. The standard InChI is InChI=1S/C15H20O3/c1-9(6-14(17)18)10-7-11-12(8-10)15(2,3)5-4-13(11)16/h6,10H,4-5,7-8H2,1-3H3,(H,17,18)/b9-6+/t10-/m1/s1. The Labute approximate surface area is 108 Å². The molecular formula is C15H20O3. The summed E-state index contributed by atoms with van der Waals surface area (Å²) in [6.45, 7) is 6.23. The van der Waals surface area contributed by atoms with E-state index >= 15 is 0 Å². The van der Waals surface area contributed by atoms with Crippen molar-refractivity contribution in [1.82, 2.24) is 0 Å². The molecule has 2 aliphatic carbocycles. The van der Waals surface area contributed by atoms with Gasteiger partial charge in [0.15, 0.2) is 5.78 Å². The van der Waals surface area contributed by atoms with Crippen LogP contribution in [0.5, 0.6) is 0 Å². The Hall–Kier alpha value is -1.38. The third-order valence-corrected chi connectivity index (χ3v) is 4.39. The number of ketones is 1. The van der Waals surface area contributed by atoms with E-state index in [0.717, 1.165) is 30.4 Å². The van der Waals surface area contributed by atoms with Crippen molar-refractivity contribution >= 4 is 11.8 Å². The van der Waals surface area contributed by atoms with Crippen molar-refractivity contribution < 1.29 is 14.7 Å². The normalized spacial score (nSPS) is 27.4. The van der Waals surface area contributed by atoms with Crippen LogP contribution in [0.2, 0.25) is 0 Å². The van der Waals surface area contributed by atoms with E-state index in [1.165, 1.54) is 11.6 Å². The largest absolute Gasteiger partial charge is 0.478 e. The lowest BCUT2D eigenvalue weighted by atomic mass is 9.73. The van der Waals surface area contributed by atoms with Gasteiger partial charge in [0.05, 0.1) is 0 Å². The molecule has 0 unspecified atom stereocenters. The highest BCUT2D eigenvalue weighted by atomic mass is 16.4. The fourth-order valence-corrected chi connectivity index (χ4v) is 3.14. The molecule has 0 aromatic carbocycles. The van der Waals surface area contributed by atoms with Gasteiger partial charge < -0.3 is 5.11 Å². The summed E-state index contributed by atoms with van der Waals surface area (Å²) < 4.78 is 0. The molecule has 0 bridgehead atoms. The fraction of sp³-hybridized carbons (Fsp3) is 0.600. The Balaban J connectivity index is 2.25. The number of carboxylic acids is 1. The first-order chi connectivity index (χ1) is 8.31. The molecule has 1 atom stereocenters. The number of rotatable bonds is 2. The second-order valence-corrected chi connectivity index (χ2v) is 6.10. The Morgan fingerprint density at radius 1 is 1.39 bits per heavy atom. The molecule has 2 rings (SSSR count). The minimum atomic E-state index is -0.900. The van der Waals surface area contributed by atoms with E-state index in [1.807, 2.05) is 6.92 Å². The van der Waals surface area contributed by atoms with Gasteiger partial charge in [-0.05, 0) is 43.1 Å². The second-order valence-electron chi connectivity index (χ2n) is 6.10. The van der Waals surface area contributed by atoms with E-state index in [4.69, 9.17) is 5.11 Å². The van der Waals surface area contributed by atoms with Crippen LogP contribution >= 0.6 is 0 Å². The van der Waals surface area contributed by atoms with E-state index in [-0.39, 0.29) is 17.1 Å². The molecule has 0 spiro atoms. The summed E-state index contributed by atoms with van der Waals surface area (Å²) in [7, 11) is 0. The van der Waals surface area contributed by atoms with Crippen molar-refractivity contribution in [2.45, 2.75) is 46.5 Å². The Morgan fingerprint density at radius 3 is 2.61 bits per heavy atom. The molecule has 0 saturated carbocycles. The van der Waals surface area contributed by atoms with Gasteiger partial charge >= 0.3 is 5.97 Å². The van der Waals surface area contributed by atoms with Crippen molar-refractivity contribution in [1.29, 1.82) is 0 Å². The van der Waals surface area contributed by atoms with Gasteiger partial charge in [-0.15, -0.1) is 0 Å². The average molecular weight is 248 g/mol.